The standard InChI is InChI=1S/C16H9Cl2F/c17-14-7-3-6-12(15(14)18)13-9-8-10-4-1-2-5-11(10)16(13)19/h1-9H. The van der Waals surface area contributed by atoms with Crippen LogP contribution >= 0.6 is 23.2 Å². The highest BCUT2D eigenvalue weighted by atomic mass is 35.5. The van der Waals surface area contributed by atoms with E-state index in [9.17, 15) is 4.39 Å². The Labute approximate surface area is 120 Å². The van der Waals surface area contributed by atoms with Gasteiger partial charge in [-0.1, -0.05) is 71.7 Å². The van der Waals surface area contributed by atoms with Gasteiger partial charge in [0.25, 0.3) is 0 Å². The van der Waals surface area contributed by atoms with Crippen molar-refractivity contribution in [3.63, 3.8) is 0 Å². The van der Waals surface area contributed by atoms with Crippen molar-refractivity contribution in [1.29, 1.82) is 0 Å². The number of rotatable bonds is 1. The molecule has 3 aromatic carbocycles. The largest absolute Gasteiger partial charge is 0.206 e. The first-order valence-corrected chi connectivity index (χ1v) is 6.55. The summed E-state index contributed by atoms with van der Waals surface area (Å²) < 4.78 is 14.6. The summed E-state index contributed by atoms with van der Waals surface area (Å²) in [6.45, 7) is 0. The number of halogens is 3. The Morgan fingerprint density at radius 3 is 2.37 bits per heavy atom. The third-order valence-electron chi connectivity index (χ3n) is 3.11. The van der Waals surface area contributed by atoms with Crippen LogP contribution in [-0.2, 0) is 0 Å². The van der Waals surface area contributed by atoms with Crippen molar-refractivity contribution in [2.75, 3.05) is 0 Å². The van der Waals surface area contributed by atoms with E-state index in [1.54, 1.807) is 30.3 Å². The third-order valence-corrected chi connectivity index (χ3v) is 3.92. The lowest BCUT2D eigenvalue weighted by Gasteiger charge is -2.09. The molecule has 0 nitrogen and oxygen atoms in total. The predicted octanol–water partition coefficient (Wildman–Crippen LogP) is 5.95. The van der Waals surface area contributed by atoms with Gasteiger partial charge in [0, 0.05) is 16.5 Å². The van der Waals surface area contributed by atoms with Crippen molar-refractivity contribution in [3.05, 3.63) is 70.5 Å². The maximum absolute atomic E-state index is 14.6. The van der Waals surface area contributed by atoms with Crippen LogP contribution in [0, 0.1) is 5.82 Å². The first kappa shape index (κ1) is 12.5. The zero-order chi connectivity index (χ0) is 13.4. The van der Waals surface area contributed by atoms with Crippen LogP contribution in [0.3, 0.4) is 0 Å². The molecular formula is C16H9Cl2F. The molecule has 0 unspecified atom stereocenters. The fourth-order valence-electron chi connectivity index (χ4n) is 2.15. The van der Waals surface area contributed by atoms with Gasteiger partial charge in [0.15, 0.2) is 0 Å². The van der Waals surface area contributed by atoms with Crippen LogP contribution in [0.2, 0.25) is 10.0 Å². The topological polar surface area (TPSA) is 0 Å². The van der Waals surface area contributed by atoms with Gasteiger partial charge in [-0.05, 0) is 11.5 Å². The molecule has 19 heavy (non-hydrogen) atoms. The lowest BCUT2D eigenvalue weighted by atomic mass is 10.0. The van der Waals surface area contributed by atoms with Crippen molar-refractivity contribution in [3.8, 4) is 11.1 Å². The van der Waals surface area contributed by atoms with Gasteiger partial charge >= 0.3 is 0 Å². The summed E-state index contributed by atoms with van der Waals surface area (Å²) in [4.78, 5) is 0. The average molecular weight is 291 g/mol. The zero-order valence-corrected chi connectivity index (χ0v) is 11.3. The van der Waals surface area contributed by atoms with Gasteiger partial charge < -0.3 is 0 Å². The van der Waals surface area contributed by atoms with E-state index in [-0.39, 0.29) is 5.82 Å². The molecule has 0 heterocycles. The Hall–Kier alpha value is -1.57. The van der Waals surface area contributed by atoms with E-state index in [0.717, 1.165) is 5.39 Å². The summed E-state index contributed by atoms with van der Waals surface area (Å²) in [5, 5.41) is 2.24. The smallest absolute Gasteiger partial charge is 0.138 e. The molecule has 0 N–H and O–H groups in total. The summed E-state index contributed by atoms with van der Waals surface area (Å²) in [7, 11) is 0. The van der Waals surface area contributed by atoms with E-state index in [1.165, 1.54) is 0 Å². The number of fused-ring (bicyclic) bond motifs is 1. The van der Waals surface area contributed by atoms with Crippen molar-refractivity contribution < 1.29 is 4.39 Å². The van der Waals surface area contributed by atoms with Crippen LogP contribution in [-0.4, -0.2) is 0 Å². The van der Waals surface area contributed by atoms with Crippen LogP contribution in [0.25, 0.3) is 21.9 Å². The molecule has 0 aliphatic rings. The Morgan fingerprint density at radius 1 is 0.737 bits per heavy atom. The molecule has 3 rings (SSSR count). The Kier molecular flexibility index (Phi) is 3.17. The summed E-state index contributed by atoms with van der Waals surface area (Å²) >= 11 is 12.1. The molecule has 0 radical (unpaired) electrons. The monoisotopic (exact) mass is 290 g/mol. The summed E-state index contributed by atoms with van der Waals surface area (Å²) in [5.74, 6) is -0.276. The Balaban J connectivity index is 2.31. The van der Waals surface area contributed by atoms with Crippen molar-refractivity contribution in [2.24, 2.45) is 0 Å². The molecule has 0 saturated carbocycles. The maximum atomic E-state index is 14.6. The lowest BCUT2D eigenvalue weighted by molar-refractivity contribution is 0.643. The second kappa shape index (κ2) is 4.84. The van der Waals surface area contributed by atoms with Crippen LogP contribution in [0.15, 0.2) is 54.6 Å². The van der Waals surface area contributed by atoms with E-state index >= 15 is 0 Å². The molecule has 0 bridgehead atoms. The highest BCUT2D eigenvalue weighted by Crippen LogP contribution is 2.36. The highest BCUT2D eigenvalue weighted by molar-refractivity contribution is 6.43. The molecule has 0 aliphatic heterocycles. The molecule has 0 amide bonds. The number of hydrogen-bond acceptors (Lipinski definition) is 0. The van der Waals surface area contributed by atoms with E-state index in [1.807, 2.05) is 24.3 Å². The average Bonchev–Trinajstić information content (AvgIpc) is 2.43. The molecular weight excluding hydrogens is 282 g/mol. The van der Waals surface area contributed by atoms with Gasteiger partial charge in [0.1, 0.15) is 5.82 Å². The van der Waals surface area contributed by atoms with E-state index in [2.05, 4.69) is 0 Å². The maximum Gasteiger partial charge on any atom is 0.138 e. The molecule has 0 aromatic heterocycles. The van der Waals surface area contributed by atoms with Crippen molar-refractivity contribution in [2.45, 2.75) is 0 Å². The Morgan fingerprint density at radius 2 is 1.53 bits per heavy atom. The van der Waals surface area contributed by atoms with Crippen LogP contribution in [0.4, 0.5) is 4.39 Å². The van der Waals surface area contributed by atoms with Crippen LogP contribution < -0.4 is 0 Å². The first-order chi connectivity index (χ1) is 9.18. The molecule has 3 heteroatoms. The number of benzene rings is 3. The van der Waals surface area contributed by atoms with E-state index in [0.29, 0.717) is 26.6 Å². The van der Waals surface area contributed by atoms with Gasteiger partial charge in [-0.15, -0.1) is 0 Å². The van der Waals surface area contributed by atoms with Gasteiger partial charge in [-0.2, -0.15) is 0 Å². The normalized spacial score (nSPS) is 10.9. The molecule has 0 atom stereocenters. The van der Waals surface area contributed by atoms with E-state index < -0.39 is 0 Å². The number of hydrogen-bond donors (Lipinski definition) is 0. The molecule has 0 spiro atoms. The van der Waals surface area contributed by atoms with Crippen molar-refractivity contribution >= 4 is 34.0 Å². The molecule has 3 aromatic rings. The Bertz CT molecular complexity index is 766. The second-order valence-corrected chi connectivity index (χ2v) is 5.03. The summed E-state index contributed by atoms with van der Waals surface area (Å²) in [6, 6.07) is 16.2. The third kappa shape index (κ3) is 2.09. The zero-order valence-electron chi connectivity index (χ0n) is 9.83. The SMILES string of the molecule is Fc1c(-c2cccc(Cl)c2Cl)ccc2ccccc12. The first-order valence-electron chi connectivity index (χ1n) is 5.80. The van der Waals surface area contributed by atoms with Gasteiger partial charge in [-0.3, -0.25) is 0 Å². The molecule has 0 fully saturated rings. The molecule has 0 aliphatic carbocycles. The van der Waals surface area contributed by atoms with Crippen LogP contribution in [0.1, 0.15) is 0 Å². The highest BCUT2D eigenvalue weighted by Gasteiger charge is 2.13. The quantitative estimate of drug-likeness (QED) is 0.519. The van der Waals surface area contributed by atoms with Crippen molar-refractivity contribution in [1.82, 2.24) is 0 Å². The molecule has 0 saturated heterocycles. The van der Waals surface area contributed by atoms with E-state index in [4.69, 9.17) is 23.2 Å². The minimum Gasteiger partial charge on any atom is -0.206 e. The van der Waals surface area contributed by atoms with Gasteiger partial charge in [0.05, 0.1) is 10.0 Å². The van der Waals surface area contributed by atoms with Gasteiger partial charge in [-0.25, -0.2) is 4.39 Å². The second-order valence-electron chi connectivity index (χ2n) is 4.25. The minimum atomic E-state index is -0.276. The minimum absolute atomic E-state index is 0.276. The predicted molar refractivity (Wildman–Crippen MR) is 79.4 cm³/mol. The van der Waals surface area contributed by atoms with Gasteiger partial charge in [0.2, 0.25) is 0 Å². The summed E-state index contributed by atoms with van der Waals surface area (Å²) in [6.07, 6.45) is 0. The summed E-state index contributed by atoms with van der Waals surface area (Å²) in [5.41, 5.74) is 1.07. The molecule has 94 valence electrons. The van der Waals surface area contributed by atoms with Crippen LogP contribution in [0.5, 0.6) is 0 Å². The fraction of sp³-hybridized carbons (Fsp3) is 0. The lowest BCUT2D eigenvalue weighted by Crippen LogP contribution is -1.88. The fourth-order valence-corrected chi connectivity index (χ4v) is 2.56.